The maximum absolute atomic E-state index is 12.5. The molecule has 0 N–H and O–H groups in total. The van der Waals surface area contributed by atoms with Gasteiger partial charge in [-0.3, -0.25) is 9.78 Å². The van der Waals surface area contributed by atoms with Crippen LogP contribution in [0, 0.1) is 0 Å². The second-order valence-corrected chi connectivity index (χ2v) is 5.71. The first-order valence-electron chi connectivity index (χ1n) is 5.91. The molecule has 0 bridgehead atoms. The highest BCUT2D eigenvalue weighted by Crippen LogP contribution is 2.34. The van der Waals surface area contributed by atoms with Gasteiger partial charge in [0.25, 0.3) is 5.91 Å². The van der Waals surface area contributed by atoms with Gasteiger partial charge in [0.2, 0.25) is 0 Å². The van der Waals surface area contributed by atoms with Crippen molar-refractivity contribution in [1.29, 1.82) is 0 Å². The summed E-state index contributed by atoms with van der Waals surface area (Å²) in [4.78, 5) is 19.5. The number of pyridine rings is 1. The zero-order valence-corrected chi connectivity index (χ0v) is 11.6. The first kappa shape index (κ1) is 12.5. The van der Waals surface area contributed by atoms with E-state index in [2.05, 4.69) is 4.98 Å². The number of amides is 1. The first-order chi connectivity index (χ1) is 9.25. The number of fused-ring (bicyclic) bond motifs is 1. The Kier molecular flexibility index (Phi) is 3.44. The number of benzene rings is 1. The second kappa shape index (κ2) is 5.23. The Labute approximate surface area is 120 Å². The lowest BCUT2D eigenvalue weighted by Gasteiger charge is -2.28. The molecular weight excluding hydrogens is 280 g/mol. The smallest absolute Gasteiger partial charge is 0.276 e. The highest BCUT2D eigenvalue weighted by atomic mass is 35.5. The van der Waals surface area contributed by atoms with Crippen molar-refractivity contribution in [3.8, 4) is 0 Å². The van der Waals surface area contributed by atoms with Crippen LogP contribution in [0.5, 0.6) is 0 Å². The van der Waals surface area contributed by atoms with Crippen LogP contribution in [0.25, 0.3) is 0 Å². The summed E-state index contributed by atoms with van der Waals surface area (Å²) in [5.41, 5.74) is 1.33. The molecule has 5 heteroatoms. The summed E-state index contributed by atoms with van der Waals surface area (Å²) < 4.78 is 0. The number of hydrogen-bond donors (Lipinski definition) is 0. The average molecular weight is 291 g/mol. The van der Waals surface area contributed by atoms with Crippen molar-refractivity contribution in [3.63, 3.8) is 0 Å². The molecule has 0 aliphatic carbocycles. The molecule has 2 heterocycles. The van der Waals surface area contributed by atoms with Gasteiger partial charge in [0, 0.05) is 28.4 Å². The molecule has 1 aromatic heterocycles. The molecule has 0 saturated carbocycles. The van der Waals surface area contributed by atoms with Gasteiger partial charge in [0.1, 0.15) is 5.69 Å². The third-order valence-corrected chi connectivity index (χ3v) is 4.19. The molecule has 1 amide bonds. The topological polar surface area (TPSA) is 33.2 Å². The quantitative estimate of drug-likeness (QED) is 0.806. The Bertz CT molecular complexity index is 632. The predicted octanol–water partition coefficient (Wildman–Crippen LogP) is 3.49. The third-order valence-electron chi connectivity index (χ3n) is 2.91. The van der Waals surface area contributed by atoms with Gasteiger partial charge >= 0.3 is 0 Å². The van der Waals surface area contributed by atoms with Gasteiger partial charge in [-0.05, 0) is 24.3 Å². The SMILES string of the molecule is O=C(c1cc(Cl)ccn1)N1CCSc2ccccc21. The van der Waals surface area contributed by atoms with Gasteiger partial charge in [0.05, 0.1) is 5.69 Å². The number of thioether (sulfide) groups is 1. The van der Waals surface area contributed by atoms with Crippen molar-refractivity contribution in [3.05, 3.63) is 53.3 Å². The molecule has 3 nitrogen and oxygen atoms in total. The number of nitrogens with zero attached hydrogens (tertiary/aromatic N) is 2. The lowest BCUT2D eigenvalue weighted by atomic mass is 10.2. The van der Waals surface area contributed by atoms with Gasteiger partial charge in [-0.15, -0.1) is 11.8 Å². The zero-order valence-electron chi connectivity index (χ0n) is 10.0. The van der Waals surface area contributed by atoms with E-state index in [1.165, 1.54) is 0 Å². The summed E-state index contributed by atoms with van der Waals surface area (Å²) in [6, 6.07) is 11.2. The minimum absolute atomic E-state index is 0.102. The fraction of sp³-hybridized carbons (Fsp3) is 0.143. The van der Waals surface area contributed by atoms with E-state index < -0.39 is 0 Å². The van der Waals surface area contributed by atoms with E-state index in [4.69, 9.17) is 11.6 Å². The van der Waals surface area contributed by atoms with Crippen LogP contribution in [-0.4, -0.2) is 23.2 Å². The van der Waals surface area contributed by atoms with E-state index in [-0.39, 0.29) is 5.91 Å². The molecule has 2 aromatic rings. The Morgan fingerprint density at radius 1 is 1.32 bits per heavy atom. The third kappa shape index (κ3) is 2.46. The van der Waals surface area contributed by atoms with E-state index >= 15 is 0 Å². The van der Waals surface area contributed by atoms with Crippen molar-refractivity contribution < 1.29 is 4.79 Å². The standard InChI is InChI=1S/C14H11ClN2OS/c15-10-5-6-16-11(9-10)14(18)17-7-8-19-13-4-2-1-3-12(13)17/h1-6,9H,7-8H2. The monoisotopic (exact) mass is 290 g/mol. The molecule has 0 saturated heterocycles. The number of para-hydroxylation sites is 1. The van der Waals surface area contributed by atoms with Gasteiger partial charge in [0.15, 0.2) is 0 Å². The van der Waals surface area contributed by atoms with Crippen molar-refractivity contribution in [2.45, 2.75) is 4.90 Å². The number of rotatable bonds is 1. The largest absolute Gasteiger partial charge is 0.305 e. The number of carbonyl (C=O) groups is 1. The molecule has 0 atom stereocenters. The van der Waals surface area contributed by atoms with Crippen molar-refractivity contribution in [1.82, 2.24) is 4.98 Å². The number of aromatic nitrogens is 1. The summed E-state index contributed by atoms with van der Waals surface area (Å²) in [6.45, 7) is 0.689. The first-order valence-corrected chi connectivity index (χ1v) is 7.27. The average Bonchev–Trinajstić information content (AvgIpc) is 2.46. The van der Waals surface area contributed by atoms with E-state index in [1.54, 1.807) is 35.0 Å². The molecule has 1 aromatic carbocycles. The lowest BCUT2D eigenvalue weighted by molar-refractivity contribution is 0.0983. The van der Waals surface area contributed by atoms with Crippen LogP contribution in [0.3, 0.4) is 0 Å². The number of carbonyl (C=O) groups excluding carboxylic acids is 1. The lowest BCUT2D eigenvalue weighted by Crippen LogP contribution is -2.35. The van der Waals surface area contributed by atoms with Crippen LogP contribution in [0.4, 0.5) is 5.69 Å². The maximum Gasteiger partial charge on any atom is 0.276 e. The van der Waals surface area contributed by atoms with Gasteiger partial charge in [-0.2, -0.15) is 0 Å². The fourth-order valence-electron chi connectivity index (χ4n) is 2.04. The number of anilines is 1. The van der Waals surface area contributed by atoms with Crippen LogP contribution < -0.4 is 4.90 Å². The van der Waals surface area contributed by atoms with Crippen molar-refractivity contribution in [2.24, 2.45) is 0 Å². The van der Waals surface area contributed by atoms with E-state index in [9.17, 15) is 4.79 Å². The van der Waals surface area contributed by atoms with Gasteiger partial charge < -0.3 is 4.90 Å². The van der Waals surface area contributed by atoms with Crippen LogP contribution >= 0.6 is 23.4 Å². The molecule has 3 rings (SSSR count). The Morgan fingerprint density at radius 2 is 2.16 bits per heavy atom. The van der Waals surface area contributed by atoms with Crippen LogP contribution in [0.15, 0.2) is 47.5 Å². The van der Waals surface area contributed by atoms with Gasteiger partial charge in [-0.25, -0.2) is 0 Å². The van der Waals surface area contributed by atoms with Gasteiger partial charge in [-0.1, -0.05) is 23.7 Å². The number of hydrogen-bond acceptors (Lipinski definition) is 3. The van der Waals surface area contributed by atoms with E-state index in [0.29, 0.717) is 17.3 Å². The Hall–Kier alpha value is -1.52. The Morgan fingerprint density at radius 3 is 3.00 bits per heavy atom. The molecule has 0 spiro atoms. The van der Waals surface area contributed by atoms with E-state index in [0.717, 1.165) is 16.3 Å². The molecule has 0 unspecified atom stereocenters. The Balaban J connectivity index is 1.98. The number of halogens is 1. The molecule has 0 radical (unpaired) electrons. The fourth-order valence-corrected chi connectivity index (χ4v) is 3.19. The van der Waals surface area contributed by atoms with Crippen LogP contribution in [0.2, 0.25) is 5.02 Å². The summed E-state index contributed by atoms with van der Waals surface area (Å²) in [5, 5.41) is 0.526. The van der Waals surface area contributed by atoms with E-state index in [1.807, 2.05) is 24.3 Å². The summed E-state index contributed by atoms with van der Waals surface area (Å²) in [6.07, 6.45) is 1.56. The normalized spacial score (nSPS) is 14.1. The molecule has 1 aliphatic heterocycles. The second-order valence-electron chi connectivity index (χ2n) is 4.13. The molecule has 19 heavy (non-hydrogen) atoms. The zero-order chi connectivity index (χ0) is 13.2. The maximum atomic E-state index is 12.5. The summed E-state index contributed by atoms with van der Waals surface area (Å²) in [5.74, 6) is 0.791. The highest BCUT2D eigenvalue weighted by Gasteiger charge is 2.24. The highest BCUT2D eigenvalue weighted by molar-refractivity contribution is 7.99. The molecule has 1 aliphatic rings. The minimum Gasteiger partial charge on any atom is -0.305 e. The molecular formula is C14H11ClN2OS. The minimum atomic E-state index is -0.102. The van der Waals surface area contributed by atoms with Crippen molar-refractivity contribution >= 4 is 35.0 Å². The molecule has 0 fully saturated rings. The predicted molar refractivity (Wildman–Crippen MR) is 78.1 cm³/mol. The summed E-state index contributed by atoms with van der Waals surface area (Å²) >= 11 is 7.68. The van der Waals surface area contributed by atoms with Crippen LogP contribution in [-0.2, 0) is 0 Å². The summed E-state index contributed by atoms with van der Waals surface area (Å²) in [7, 11) is 0. The van der Waals surface area contributed by atoms with Crippen LogP contribution in [0.1, 0.15) is 10.5 Å². The molecule has 96 valence electrons. The van der Waals surface area contributed by atoms with Crippen molar-refractivity contribution in [2.75, 3.05) is 17.2 Å².